The highest BCUT2D eigenvalue weighted by Gasteiger charge is 2.10. The zero-order valence-corrected chi connectivity index (χ0v) is 17.0. The first-order valence-electron chi connectivity index (χ1n) is 9.60. The number of ether oxygens (including phenoxy) is 2. The fourth-order valence-corrected chi connectivity index (χ4v) is 2.63. The molecular formula is C24H20N2O6. The zero-order valence-electron chi connectivity index (χ0n) is 17.0. The lowest BCUT2D eigenvalue weighted by Crippen LogP contribution is -2.04. The van der Waals surface area contributed by atoms with Crippen LogP contribution < -0.4 is 9.47 Å². The van der Waals surface area contributed by atoms with E-state index in [1.807, 2.05) is 0 Å². The fourth-order valence-electron chi connectivity index (χ4n) is 2.63. The molecule has 0 radical (unpaired) electrons. The molecule has 2 aromatic rings. The first-order valence-corrected chi connectivity index (χ1v) is 9.60. The van der Waals surface area contributed by atoms with E-state index in [1.165, 1.54) is 12.2 Å². The van der Waals surface area contributed by atoms with Crippen LogP contribution in [0.25, 0.3) is 12.2 Å². The molecule has 0 fully saturated rings. The first-order chi connectivity index (χ1) is 15.5. The van der Waals surface area contributed by atoms with Crippen molar-refractivity contribution in [1.82, 2.24) is 0 Å². The Morgan fingerprint density at radius 2 is 1.12 bits per heavy atom. The molecule has 0 spiro atoms. The minimum absolute atomic E-state index is 0.350. The largest absolute Gasteiger partial charge is 0.493 e. The number of carboxylic acids is 2. The van der Waals surface area contributed by atoms with Gasteiger partial charge in [0.05, 0.1) is 13.2 Å². The average molecular weight is 432 g/mol. The number of unbranched alkanes of at least 4 members (excludes halogenated alkanes) is 1. The zero-order chi connectivity index (χ0) is 23.3. The summed E-state index contributed by atoms with van der Waals surface area (Å²) in [6.45, 7) is 0.699. The van der Waals surface area contributed by atoms with E-state index in [0.29, 0.717) is 48.7 Å². The van der Waals surface area contributed by atoms with E-state index < -0.39 is 11.9 Å². The predicted molar refractivity (Wildman–Crippen MR) is 116 cm³/mol. The summed E-state index contributed by atoms with van der Waals surface area (Å²) in [4.78, 5) is 22.1. The van der Waals surface area contributed by atoms with E-state index >= 15 is 0 Å². The molecule has 8 heteroatoms. The van der Waals surface area contributed by atoms with E-state index in [2.05, 4.69) is 0 Å². The molecule has 8 nitrogen and oxygen atoms in total. The number of carbonyl (C=O) groups is 2. The maximum atomic E-state index is 11.0. The molecule has 0 bridgehead atoms. The molecule has 2 aromatic carbocycles. The van der Waals surface area contributed by atoms with Gasteiger partial charge in [0.15, 0.2) is 0 Å². The summed E-state index contributed by atoms with van der Waals surface area (Å²) in [5, 5.41) is 35.9. The van der Waals surface area contributed by atoms with Gasteiger partial charge in [-0.25, -0.2) is 9.59 Å². The molecule has 162 valence electrons. The van der Waals surface area contributed by atoms with Crippen molar-refractivity contribution in [3.63, 3.8) is 0 Å². The minimum Gasteiger partial charge on any atom is -0.493 e. The number of benzene rings is 2. The van der Waals surface area contributed by atoms with Gasteiger partial charge < -0.3 is 19.7 Å². The van der Waals surface area contributed by atoms with Gasteiger partial charge >= 0.3 is 11.9 Å². The lowest BCUT2D eigenvalue weighted by Gasteiger charge is -2.11. The van der Waals surface area contributed by atoms with Crippen LogP contribution in [-0.4, -0.2) is 35.4 Å². The Morgan fingerprint density at radius 3 is 1.47 bits per heavy atom. The van der Waals surface area contributed by atoms with Crippen LogP contribution in [0, 0.1) is 22.7 Å². The van der Waals surface area contributed by atoms with Crippen LogP contribution >= 0.6 is 0 Å². The number of hydrogen-bond acceptors (Lipinski definition) is 6. The van der Waals surface area contributed by atoms with Gasteiger partial charge in [0.2, 0.25) is 0 Å². The molecule has 32 heavy (non-hydrogen) atoms. The van der Waals surface area contributed by atoms with Crippen LogP contribution in [0.15, 0.2) is 59.7 Å². The highest BCUT2D eigenvalue weighted by molar-refractivity contribution is 5.97. The SMILES string of the molecule is N#C/C(=C\c1ccccc1OCCCCOc1ccccc1/C=C(\C#N)C(=O)O)C(=O)O. The molecule has 0 saturated carbocycles. The summed E-state index contributed by atoms with van der Waals surface area (Å²) < 4.78 is 11.4. The molecule has 0 heterocycles. The quantitative estimate of drug-likeness (QED) is 0.309. The number of nitriles is 2. The topological polar surface area (TPSA) is 141 Å². The van der Waals surface area contributed by atoms with Gasteiger partial charge in [0.1, 0.15) is 34.8 Å². The van der Waals surface area contributed by atoms with Gasteiger partial charge in [-0.2, -0.15) is 10.5 Å². The molecule has 2 rings (SSSR count). The highest BCUT2D eigenvalue weighted by Crippen LogP contribution is 2.23. The third kappa shape index (κ3) is 7.05. The van der Waals surface area contributed by atoms with Crippen molar-refractivity contribution in [3.05, 3.63) is 70.8 Å². The Bertz CT molecular complexity index is 1030. The standard InChI is InChI=1S/C24H20N2O6/c25-15-19(23(27)28)13-17-7-1-3-9-21(17)31-11-5-6-12-32-22-10-4-2-8-18(22)14-20(16-26)24(29)30/h1-4,7-10,13-14H,5-6,11-12H2,(H,27,28)(H,29,30)/b19-13+,20-14+. The second kappa shape index (κ2) is 12.2. The summed E-state index contributed by atoms with van der Waals surface area (Å²) in [5.74, 6) is -1.68. The lowest BCUT2D eigenvalue weighted by molar-refractivity contribution is -0.133. The van der Waals surface area contributed by atoms with E-state index in [9.17, 15) is 9.59 Å². The smallest absolute Gasteiger partial charge is 0.346 e. The van der Waals surface area contributed by atoms with Crippen LogP contribution in [0.2, 0.25) is 0 Å². The molecule has 2 N–H and O–H groups in total. The van der Waals surface area contributed by atoms with E-state index in [0.717, 1.165) is 0 Å². The molecule has 0 aliphatic rings. The Hall–Kier alpha value is -4.56. The molecule has 0 aliphatic carbocycles. The molecule has 0 amide bonds. The van der Waals surface area contributed by atoms with E-state index in [1.54, 1.807) is 60.7 Å². The third-order valence-electron chi connectivity index (χ3n) is 4.19. The summed E-state index contributed by atoms with van der Waals surface area (Å²) in [5.41, 5.74) is 0.222. The van der Waals surface area contributed by atoms with Crippen LogP contribution in [0.1, 0.15) is 24.0 Å². The van der Waals surface area contributed by atoms with Gasteiger partial charge in [-0.05, 0) is 37.1 Å². The van der Waals surface area contributed by atoms with Crippen LogP contribution in [0.3, 0.4) is 0 Å². The number of para-hydroxylation sites is 2. The minimum atomic E-state index is -1.31. The van der Waals surface area contributed by atoms with Crippen molar-refractivity contribution < 1.29 is 29.3 Å². The van der Waals surface area contributed by atoms with Crippen LogP contribution in [-0.2, 0) is 9.59 Å². The second-order valence-corrected chi connectivity index (χ2v) is 6.43. The van der Waals surface area contributed by atoms with Crippen LogP contribution in [0.4, 0.5) is 0 Å². The normalized spacial score (nSPS) is 11.2. The van der Waals surface area contributed by atoms with Crippen molar-refractivity contribution >= 4 is 24.1 Å². The Morgan fingerprint density at radius 1 is 0.750 bits per heavy atom. The second-order valence-electron chi connectivity index (χ2n) is 6.43. The molecule has 0 saturated heterocycles. The van der Waals surface area contributed by atoms with Gasteiger partial charge in [-0.1, -0.05) is 36.4 Å². The Labute approximate surface area is 184 Å². The van der Waals surface area contributed by atoms with Gasteiger partial charge in [0, 0.05) is 11.1 Å². The summed E-state index contributed by atoms with van der Waals surface area (Å²) in [7, 11) is 0. The van der Waals surface area contributed by atoms with Gasteiger partial charge in [-0.15, -0.1) is 0 Å². The van der Waals surface area contributed by atoms with Crippen LogP contribution in [0.5, 0.6) is 11.5 Å². The third-order valence-corrected chi connectivity index (χ3v) is 4.19. The monoisotopic (exact) mass is 432 g/mol. The predicted octanol–water partition coefficient (Wildman–Crippen LogP) is 3.91. The van der Waals surface area contributed by atoms with Crippen molar-refractivity contribution in [2.45, 2.75) is 12.8 Å². The van der Waals surface area contributed by atoms with Crippen molar-refractivity contribution in [1.29, 1.82) is 10.5 Å². The number of carboxylic acid groups (broad SMARTS) is 2. The first kappa shape index (κ1) is 23.7. The van der Waals surface area contributed by atoms with E-state index in [-0.39, 0.29) is 11.1 Å². The summed E-state index contributed by atoms with van der Waals surface area (Å²) >= 11 is 0. The lowest BCUT2D eigenvalue weighted by atomic mass is 10.1. The maximum Gasteiger partial charge on any atom is 0.346 e. The highest BCUT2D eigenvalue weighted by atomic mass is 16.5. The number of aliphatic carboxylic acids is 2. The molecule has 0 aliphatic heterocycles. The maximum absolute atomic E-state index is 11.0. The fraction of sp³-hybridized carbons (Fsp3) is 0.167. The van der Waals surface area contributed by atoms with Crippen molar-refractivity contribution in [3.8, 4) is 23.6 Å². The molecule has 0 aromatic heterocycles. The average Bonchev–Trinajstić information content (AvgIpc) is 2.79. The molecule has 0 unspecified atom stereocenters. The van der Waals surface area contributed by atoms with Crippen molar-refractivity contribution in [2.24, 2.45) is 0 Å². The Balaban J connectivity index is 1.90. The Kier molecular flexibility index (Phi) is 9.05. The number of rotatable bonds is 11. The number of nitrogens with zero attached hydrogens (tertiary/aromatic N) is 2. The molecular weight excluding hydrogens is 412 g/mol. The summed E-state index contributed by atoms with van der Waals surface area (Å²) in [6, 6.07) is 16.9. The van der Waals surface area contributed by atoms with E-state index in [4.69, 9.17) is 30.2 Å². The van der Waals surface area contributed by atoms with Gasteiger partial charge in [-0.3, -0.25) is 0 Å². The number of hydrogen-bond donors (Lipinski definition) is 2. The molecule has 0 atom stereocenters. The van der Waals surface area contributed by atoms with Gasteiger partial charge in [0.25, 0.3) is 0 Å². The van der Waals surface area contributed by atoms with Crippen molar-refractivity contribution in [2.75, 3.05) is 13.2 Å². The summed E-state index contributed by atoms with van der Waals surface area (Å²) in [6.07, 6.45) is 3.80.